The Morgan fingerprint density at radius 3 is 2.40 bits per heavy atom. The zero-order chi connectivity index (χ0) is 18.1. The lowest BCUT2D eigenvalue weighted by Gasteiger charge is -2.08. The highest BCUT2D eigenvalue weighted by Gasteiger charge is 2.18. The quantitative estimate of drug-likeness (QED) is 0.697. The summed E-state index contributed by atoms with van der Waals surface area (Å²) in [5.41, 5.74) is 18.4. The summed E-state index contributed by atoms with van der Waals surface area (Å²) in [6, 6.07) is 12.0. The lowest BCUT2D eigenvalue weighted by atomic mass is 10.0. The van der Waals surface area contributed by atoms with Gasteiger partial charge in [-0.25, -0.2) is 4.98 Å². The summed E-state index contributed by atoms with van der Waals surface area (Å²) in [6.45, 7) is 6.05. The first-order valence-electron chi connectivity index (χ1n) is 8.07. The van der Waals surface area contributed by atoms with Gasteiger partial charge in [-0.05, 0) is 43.5 Å². The minimum atomic E-state index is -0.440. The summed E-state index contributed by atoms with van der Waals surface area (Å²) in [7, 11) is 0. The van der Waals surface area contributed by atoms with Gasteiger partial charge in [0.15, 0.2) is 0 Å². The van der Waals surface area contributed by atoms with Crippen LogP contribution in [0.5, 0.6) is 0 Å². The number of aromatic nitrogens is 1. The molecule has 3 rings (SSSR count). The van der Waals surface area contributed by atoms with Crippen molar-refractivity contribution in [2.75, 3.05) is 5.73 Å². The summed E-state index contributed by atoms with van der Waals surface area (Å²) in [6.07, 6.45) is 0.657. The molecule has 128 valence electrons. The Morgan fingerprint density at radius 2 is 1.76 bits per heavy atom. The number of amides is 1. The number of thiazole rings is 1. The van der Waals surface area contributed by atoms with Crippen molar-refractivity contribution in [1.82, 2.24) is 4.98 Å². The number of benzene rings is 2. The molecule has 0 spiro atoms. The first kappa shape index (κ1) is 17.2. The second-order valence-corrected chi connectivity index (χ2v) is 7.41. The largest absolute Gasteiger partial charge is 0.399 e. The molecular formula is C20H21N3OS. The second kappa shape index (κ2) is 6.69. The van der Waals surface area contributed by atoms with Crippen molar-refractivity contribution in [2.45, 2.75) is 27.2 Å². The van der Waals surface area contributed by atoms with E-state index in [9.17, 15) is 4.79 Å². The summed E-state index contributed by atoms with van der Waals surface area (Å²) in [4.78, 5) is 17.1. The highest BCUT2D eigenvalue weighted by atomic mass is 32.1. The Labute approximate surface area is 151 Å². The predicted octanol–water partition coefficient (Wildman–Crippen LogP) is 4.01. The zero-order valence-corrected chi connectivity index (χ0v) is 15.4. The summed E-state index contributed by atoms with van der Waals surface area (Å²) < 4.78 is 0. The van der Waals surface area contributed by atoms with Crippen LogP contribution in [-0.4, -0.2) is 10.9 Å². The summed E-state index contributed by atoms with van der Waals surface area (Å²) in [5, 5.41) is 0.872. The number of anilines is 1. The van der Waals surface area contributed by atoms with Gasteiger partial charge in [-0.3, -0.25) is 4.79 Å². The molecule has 4 N–H and O–H groups in total. The highest BCUT2D eigenvalue weighted by Crippen LogP contribution is 2.30. The van der Waals surface area contributed by atoms with E-state index < -0.39 is 5.91 Å². The van der Waals surface area contributed by atoms with Gasteiger partial charge in [-0.1, -0.05) is 35.9 Å². The first-order valence-corrected chi connectivity index (χ1v) is 8.89. The number of nitrogens with two attached hydrogens (primary N) is 2. The second-order valence-electron chi connectivity index (χ2n) is 6.33. The topological polar surface area (TPSA) is 82.0 Å². The van der Waals surface area contributed by atoms with Crippen LogP contribution >= 0.6 is 11.3 Å². The lowest BCUT2D eigenvalue weighted by molar-refractivity contribution is 0.100. The number of rotatable bonds is 4. The van der Waals surface area contributed by atoms with E-state index in [0.29, 0.717) is 17.0 Å². The van der Waals surface area contributed by atoms with Crippen molar-refractivity contribution in [2.24, 2.45) is 5.73 Å². The van der Waals surface area contributed by atoms with Crippen molar-refractivity contribution >= 4 is 22.9 Å². The van der Waals surface area contributed by atoms with Crippen LogP contribution in [0.4, 0.5) is 5.69 Å². The molecule has 4 nitrogen and oxygen atoms in total. The molecular weight excluding hydrogens is 330 g/mol. The molecule has 0 bridgehead atoms. The Kier molecular flexibility index (Phi) is 4.59. The fraction of sp³-hybridized carbons (Fsp3) is 0.200. The fourth-order valence-electron chi connectivity index (χ4n) is 2.77. The SMILES string of the molecule is Cc1ccc(-c2nc(Cc3cc(C)c(N)cc3C)sc2C(N)=O)cc1. The molecule has 5 heteroatoms. The molecule has 1 amide bonds. The first-order chi connectivity index (χ1) is 11.8. The number of hydrogen-bond donors (Lipinski definition) is 2. The van der Waals surface area contributed by atoms with Crippen molar-refractivity contribution in [3.05, 3.63) is 68.5 Å². The summed E-state index contributed by atoms with van der Waals surface area (Å²) in [5.74, 6) is -0.440. The molecule has 0 unspecified atom stereocenters. The zero-order valence-electron chi connectivity index (χ0n) is 14.6. The van der Waals surface area contributed by atoms with Crippen LogP contribution in [0.25, 0.3) is 11.3 Å². The third-order valence-electron chi connectivity index (χ3n) is 4.29. The molecule has 0 saturated carbocycles. The van der Waals surface area contributed by atoms with Crippen LogP contribution in [0.1, 0.15) is 36.9 Å². The fourth-order valence-corrected chi connectivity index (χ4v) is 3.73. The van der Waals surface area contributed by atoms with E-state index in [1.165, 1.54) is 11.3 Å². The summed E-state index contributed by atoms with van der Waals surface area (Å²) >= 11 is 1.36. The van der Waals surface area contributed by atoms with Gasteiger partial charge >= 0.3 is 0 Å². The molecule has 0 atom stereocenters. The minimum absolute atomic E-state index is 0.440. The Bertz CT molecular complexity index is 942. The number of nitrogens with zero attached hydrogens (tertiary/aromatic N) is 1. The Balaban J connectivity index is 2.01. The smallest absolute Gasteiger partial charge is 0.261 e. The maximum absolute atomic E-state index is 11.9. The van der Waals surface area contributed by atoms with Gasteiger partial charge in [0.05, 0.1) is 10.7 Å². The van der Waals surface area contributed by atoms with E-state index in [1.807, 2.05) is 51.1 Å². The van der Waals surface area contributed by atoms with Gasteiger partial charge in [-0.2, -0.15) is 0 Å². The van der Waals surface area contributed by atoms with Crippen molar-refractivity contribution in [3.63, 3.8) is 0 Å². The number of hydrogen-bond acceptors (Lipinski definition) is 4. The van der Waals surface area contributed by atoms with Crippen LogP contribution in [-0.2, 0) is 6.42 Å². The number of nitrogen functional groups attached to an aromatic ring is 1. The van der Waals surface area contributed by atoms with Gasteiger partial charge in [-0.15, -0.1) is 11.3 Å². The van der Waals surface area contributed by atoms with Crippen LogP contribution < -0.4 is 11.5 Å². The Hall–Kier alpha value is -2.66. The monoisotopic (exact) mass is 351 g/mol. The molecule has 3 aromatic rings. The predicted molar refractivity (Wildman–Crippen MR) is 104 cm³/mol. The van der Waals surface area contributed by atoms with E-state index in [2.05, 4.69) is 6.07 Å². The van der Waals surface area contributed by atoms with Crippen LogP contribution in [0, 0.1) is 20.8 Å². The average molecular weight is 351 g/mol. The maximum Gasteiger partial charge on any atom is 0.261 e. The minimum Gasteiger partial charge on any atom is -0.399 e. The normalized spacial score (nSPS) is 10.8. The van der Waals surface area contributed by atoms with Gasteiger partial charge in [0, 0.05) is 17.7 Å². The van der Waals surface area contributed by atoms with Crippen molar-refractivity contribution < 1.29 is 4.79 Å². The molecule has 2 aromatic carbocycles. The molecule has 0 saturated heterocycles. The maximum atomic E-state index is 11.9. The van der Waals surface area contributed by atoms with Gasteiger partial charge < -0.3 is 11.5 Å². The van der Waals surface area contributed by atoms with Gasteiger partial charge in [0.1, 0.15) is 4.88 Å². The lowest BCUT2D eigenvalue weighted by Crippen LogP contribution is -2.10. The Morgan fingerprint density at radius 1 is 1.08 bits per heavy atom. The molecule has 0 aliphatic heterocycles. The van der Waals surface area contributed by atoms with E-state index in [-0.39, 0.29) is 0 Å². The average Bonchev–Trinajstić information content (AvgIpc) is 2.97. The third-order valence-corrected chi connectivity index (χ3v) is 5.36. The molecule has 0 fully saturated rings. The number of carbonyl (C=O) groups is 1. The molecule has 1 heterocycles. The van der Waals surface area contributed by atoms with E-state index >= 15 is 0 Å². The third kappa shape index (κ3) is 3.56. The van der Waals surface area contributed by atoms with Crippen molar-refractivity contribution in [1.29, 1.82) is 0 Å². The number of carbonyl (C=O) groups excluding carboxylic acids is 1. The molecule has 0 aliphatic carbocycles. The molecule has 0 radical (unpaired) electrons. The van der Waals surface area contributed by atoms with Crippen LogP contribution in [0.2, 0.25) is 0 Å². The highest BCUT2D eigenvalue weighted by molar-refractivity contribution is 7.14. The van der Waals surface area contributed by atoms with Gasteiger partial charge in [0.25, 0.3) is 5.91 Å². The molecule has 0 aliphatic rings. The van der Waals surface area contributed by atoms with Gasteiger partial charge in [0.2, 0.25) is 0 Å². The van der Waals surface area contributed by atoms with Crippen LogP contribution in [0.3, 0.4) is 0 Å². The molecule has 25 heavy (non-hydrogen) atoms. The van der Waals surface area contributed by atoms with E-state index in [4.69, 9.17) is 16.5 Å². The van der Waals surface area contributed by atoms with E-state index in [0.717, 1.165) is 38.5 Å². The number of primary amides is 1. The van der Waals surface area contributed by atoms with Crippen LogP contribution in [0.15, 0.2) is 36.4 Å². The van der Waals surface area contributed by atoms with E-state index in [1.54, 1.807) is 0 Å². The van der Waals surface area contributed by atoms with Crippen molar-refractivity contribution in [3.8, 4) is 11.3 Å². The standard InChI is InChI=1S/C20H21N3OS/c1-11-4-6-14(7-5-11)18-19(20(22)24)25-17(23-18)10-15-8-13(3)16(21)9-12(15)2/h4-9H,10,21H2,1-3H3,(H2,22,24). The molecule has 1 aromatic heterocycles. The number of aryl methyl sites for hydroxylation is 3.